The maximum Gasteiger partial charge on any atom is 0.0509 e. The van der Waals surface area contributed by atoms with Crippen molar-refractivity contribution in [1.29, 1.82) is 0 Å². The summed E-state index contributed by atoms with van der Waals surface area (Å²) in [6.45, 7) is 5.05. The van der Waals surface area contributed by atoms with Crippen LogP contribution in [0, 0.1) is 5.92 Å². The van der Waals surface area contributed by atoms with Crippen molar-refractivity contribution in [3.05, 3.63) is 28.7 Å². The van der Waals surface area contributed by atoms with E-state index in [1.165, 1.54) is 22.2 Å². The standard InChI is InChI=1S/C15H22BrNOS/c1-2-17-14(12-6-5-9-18-10-12)11-19-15-8-4-3-7-13(15)16/h3-4,7-8,12,14,17H,2,5-6,9-11H2,1H3. The fraction of sp³-hybridized carbons (Fsp3) is 0.600. The first-order valence-electron chi connectivity index (χ1n) is 6.99. The Bertz CT molecular complexity index is 382. The average molecular weight is 344 g/mol. The molecule has 106 valence electrons. The minimum absolute atomic E-state index is 0.544. The lowest BCUT2D eigenvalue weighted by molar-refractivity contribution is 0.0429. The number of nitrogens with one attached hydrogen (secondary N) is 1. The van der Waals surface area contributed by atoms with Crippen molar-refractivity contribution < 1.29 is 4.74 Å². The number of halogens is 1. The molecule has 2 atom stereocenters. The first kappa shape index (κ1) is 15.4. The topological polar surface area (TPSA) is 21.3 Å². The Morgan fingerprint density at radius 1 is 1.47 bits per heavy atom. The van der Waals surface area contributed by atoms with E-state index in [4.69, 9.17) is 4.74 Å². The molecule has 1 aromatic carbocycles. The van der Waals surface area contributed by atoms with Crippen LogP contribution in [0.3, 0.4) is 0 Å². The van der Waals surface area contributed by atoms with Crippen molar-refractivity contribution in [3.8, 4) is 0 Å². The quantitative estimate of drug-likeness (QED) is 0.790. The Labute approximate surface area is 128 Å². The van der Waals surface area contributed by atoms with E-state index in [9.17, 15) is 0 Å². The SMILES string of the molecule is CCNC(CSc1ccccc1Br)C1CCCOC1. The summed E-state index contributed by atoms with van der Waals surface area (Å²) in [5, 5.41) is 3.63. The van der Waals surface area contributed by atoms with Crippen molar-refractivity contribution in [2.45, 2.75) is 30.7 Å². The van der Waals surface area contributed by atoms with Gasteiger partial charge in [0.05, 0.1) is 6.61 Å². The number of benzene rings is 1. The molecule has 2 rings (SSSR count). The fourth-order valence-electron chi connectivity index (χ4n) is 2.45. The zero-order valence-corrected chi connectivity index (χ0v) is 13.8. The average Bonchev–Trinajstić information content (AvgIpc) is 2.46. The lowest BCUT2D eigenvalue weighted by Crippen LogP contribution is -2.41. The van der Waals surface area contributed by atoms with E-state index in [2.05, 4.69) is 52.4 Å². The van der Waals surface area contributed by atoms with Crippen LogP contribution in [0.1, 0.15) is 19.8 Å². The Morgan fingerprint density at radius 3 is 3.00 bits per heavy atom. The summed E-state index contributed by atoms with van der Waals surface area (Å²) < 4.78 is 6.82. The molecule has 2 unspecified atom stereocenters. The Kier molecular flexibility index (Phi) is 6.71. The second-order valence-electron chi connectivity index (χ2n) is 4.88. The highest BCUT2D eigenvalue weighted by atomic mass is 79.9. The molecule has 1 saturated heterocycles. The third-order valence-electron chi connectivity index (χ3n) is 3.49. The van der Waals surface area contributed by atoms with E-state index in [0.717, 1.165) is 25.5 Å². The smallest absolute Gasteiger partial charge is 0.0509 e. The van der Waals surface area contributed by atoms with E-state index in [-0.39, 0.29) is 0 Å². The van der Waals surface area contributed by atoms with E-state index in [1.54, 1.807) is 0 Å². The minimum Gasteiger partial charge on any atom is -0.381 e. The molecule has 1 aromatic rings. The molecule has 1 heterocycles. The predicted molar refractivity (Wildman–Crippen MR) is 85.9 cm³/mol. The van der Waals surface area contributed by atoms with Crippen LogP contribution in [0.4, 0.5) is 0 Å². The third kappa shape index (κ3) is 4.78. The van der Waals surface area contributed by atoms with Crippen LogP contribution in [0.2, 0.25) is 0 Å². The Hall–Kier alpha value is -0.0300. The van der Waals surface area contributed by atoms with Gasteiger partial charge in [-0.25, -0.2) is 0 Å². The maximum atomic E-state index is 5.63. The zero-order valence-electron chi connectivity index (χ0n) is 11.4. The molecule has 2 nitrogen and oxygen atoms in total. The Balaban J connectivity index is 1.91. The lowest BCUT2D eigenvalue weighted by Gasteiger charge is -2.30. The van der Waals surface area contributed by atoms with Gasteiger partial charge in [-0.15, -0.1) is 11.8 Å². The molecule has 0 spiro atoms. The van der Waals surface area contributed by atoms with E-state index in [1.807, 2.05) is 11.8 Å². The summed E-state index contributed by atoms with van der Waals surface area (Å²) >= 11 is 5.54. The van der Waals surface area contributed by atoms with Crippen LogP contribution in [-0.4, -0.2) is 31.6 Å². The fourth-order valence-corrected chi connectivity index (χ4v) is 4.21. The summed E-state index contributed by atoms with van der Waals surface area (Å²) in [7, 11) is 0. The largest absolute Gasteiger partial charge is 0.381 e. The summed E-state index contributed by atoms with van der Waals surface area (Å²) in [5.41, 5.74) is 0. The van der Waals surface area contributed by atoms with Gasteiger partial charge >= 0.3 is 0 Å². The highest BCUT2D eigenvalue weighted by Gasteiger charge is 2.23. The summed E-state index contributed by atoms with van der Waals surface area (Å²) in [6, 6.07) is 8.98. The molecule has 0 radical (unpaired) electrons. The minimum atomic E-state index is 0.544. The van der Waals surface area contributed by atoms with Crippen LogP contribution in [0.25, 0.3) is 0 Å². The first-order valence-corrected chi connectivity index (χ1v) is 8.77. The number of ether oxygens (including phenoxy) is 1. The predicted octanol–water partition coefficient (Wildman–Crippen LogP) is 3.95. The monoisotopic (exact) mass is 343 g/mol. The molecule has 0 bridgehead atoms. The van der Waals surface area contributed by atoms with Crippen molar-refractivity contribution in [2.75, 3.05) is 25.5 Å². The molecule has 0 aromatic heterocycles. The van der Waals surface area contributed by atoms with Crippen molar-refractivity contribution in [1.82, 2.24) is 5.32 Å². The van der Waals surface area contributed by atoms with Crippen LogP contribution >= 0.6 is 27.7 Å². The van der Waals surface area contributed by atoms with Gasteiger partial charge in [-0.05, 0) is 53.4 Å². The second kappa shape index (κ2) is 8.30. The van der Waals surface area contributed by atoms with Crippen molar-refractivity contribution >= 4 is 27.7 Å². The van der Waals surface area contributed by atoms with Gasteiger partial charge in [0.1, 0.15) is 0 Å². The second-order valence-corrected chi connectivity index (χ2v) is 6.80. The van der Waals surface area contributed by atoms with Crippen LogP contribution in [0.5, 0.6) is 0 Å². The van der Waals surface area contributed by atoms with Gasteiger partial charge < -0.3 is 10.1 Å². The Morgan fingerprint density at radius 2 is 2.32 bits per heavy atom. The maximum absolute atomic E-state index is 5.63. The summed E-state index contributed by atoms with van der Waals surface area (Å²) in [6.07, 6.45) is 2.49. The molecular weight excluding hydrogens is 322 g/mol. The van der Waals surface area contributed by atoms with Crippen molar-refractivity contribution in [2.24, 2.45) is 5.92 Å². The molecule has 1 aliphatic rings. The molecule has 1 N–H and O–H groups in total. The van der Waals surface area contributed by atoms with Crippen LogP contribution in [0.15, 0.2) is 33.6 Å². The molecule has 0 amide bonds. The van der Waals surface area contributed by atoms with Crippen LogP contribution < -0.4 is 5.32 Å². The lowest BCUT2D eigenvalue weighted by atomic mass is 9.95. The van der Waals surface area contributed by atoms with E-state index >= 15 is 0 Å². The molecule has 4 heteroatoms. The van der Waals surface area contributed by atoms with Gasteiger partial charge in [0.2, 0.25) is 0 Å². The van der Waals surface area contributed by atoms with Crippen molar-refractivity contribution in [3.63, 3.8) is 0 Å². The normalized spacial score (nSPS) is 21.3. The van der Waals surface area contributed by atoms with Gasteiger partial charge in [0.15, 0.2) is 0 Å². The van der Waals surface area contributed by atoms with E-state index in [0.29, 0.717) is 12.0 Å². The first-order chi connectivity index (χ1) is 9.31. The number of rotatable bonds is 6. The highest BCUT2D eigenvalue weighted by molar-refractivity contribution is 9.10. The molecule has 1 fully saturated rings. The van der Waals surface area contributed by atoms with Crippen LogP contribution in [-0.2, 0) is 4.74 Å². The summed E-state index contributed by atoms with van der Waals surface area (Å²) in [4.78, 5) is 1.32. The van der Waals surface area contributed by atoms with Gasteiger partial charge in [-0.1, -0.05) is 19.1 Å². The molecule has 0 saturated carbocycles. The summed E-state index contributed by atoms with van der Waals surface area (Å²) in [5.74, 6) is 1.76. The zero-order chi connectivity index (χ0) is 13.5. The highest BCUT2D eigenvalue weighted by Crippen LogP contribution is 2.29. The molecule has 19 heavy (non-hydrogen) atoms. The van der Waals surface area contributed by atoms with Gasteiger partial charge in [-0.3, -0.25) is 0 Å². The molecule has 1 aliphatic heterocycles. The third-order valence-corrected chi connectivity index (χ3v) is 5.63. The molecule has 0 aliphatic carbocycles. The van der Waals surface area contributed by atoms with Gasteiger partial charge in [0, 0.05) is 27.8 Å². The number of thioether (sulfide) groups is 1. The van der Waals surface area contributed by atoms with E-state index < -0.39 is 0 Å². The number of hydrogen-bond donors (Lipinski definition) is 1. The van der Waals surface area contributed by atoms with Gasteiger partial charge in [-0.2, -0.15) is 0 Å². The van der Waals surface area contributed by atoms with Gasteiger partial charge in [0.25, 0.3) is 0 Å². The number of hydrogen-bond acceptors (Lipinski definition) is 3. The molecular formula is C15H22BrNOS.